The number of para-hydroxylation sites is 1. The molecule has 1 aromatic carbocycles. The number of H-pyrrole nitrogens is 1. The van der Waals surface area contributed by atoms with E-state index in [-0.39, 0.29) is 0 Å². The van der Waals surface area contributed by atoms with E-state index in [4.69, 9.17) is 0 Å². The molecule has 0 radical (unpaired) electrons. The first-order valence-electron chi connectivity index (χ1n) is 6.00. The summed E-state index contributed by atoms with van der Waals surface area (Å²) in [6.45, 7) is 1.98. The molecular formula is C14H12N2O2S. The Morgan fingerprint density at radius 2 is 2.21 bits per heavy atom. The summed E-state index contributed by atoms with van der Waals surface area (Å²) in [7, 11) is 0. The molecule has 2 heterocycles. The number of aryl methyl sites for hydroxylation is 1. The molecule has 0 aliphatic rings. The Bertz CT molecular complexity index is 758. The van der Waals surface area contributed by atoms with E-state index in [1.165, 1.54) is 11.3 Å². The van der Waals surface area contributed by atoms with Crippen molar-refractivity contribution < 1.29 is 9.90 Å². The van der Waals surface area contributed by atoms with E-state index < -0.39 is 5.97 Å². The molecule has 0 aliphatic carbocycles. The molecule has 2 N–H and O–H groups in total. The number of nitrogens with one attached hydrogen (secondary N) is 1. The number of thiazole rings is 1. The van der Waals surface area contributed by atoms with E-state index in [0.717, 1.165) is 27.9 Å². The molecule has 0 aliphatic heterocycles. The molecule has 5 heteroatoms. The van der Waals surface area contributed by atoms with Gasteiger partial charge in [0, 0.05) is 22.7 Å². The van der Waals surface area contributed by atoms with E-state index in [1.807, 2.05) is 37.4 Å². The van der Waals surface area contributed by atoms with Crippen molar-refractivity contribution >= 4 is 28.2 Å². The zero-order valence-electron chi connectivity index (χ0n) is 10.3. The van der Waals surface area contributed by atoms with Gasteiger partial charge in [0.1, 0.15) is 4.88 Å². The fraction of sp³-hybridized carbons (Fsp3) is 0.143. The number of nitrogens with zero attached hydrogens (tertiary/aromatic N) is 1. The number of hydrogen-bond acceptors (Lipinski definition) is 3. The zero-order valence-corrected chi connectivity index (χ0v) is 11.1. The summed E-state index contributed by atoms with van der Waals surface area (Å²) >= 11 is 1.25. The Kier molecular flexibility index (Phi) is 2.83. The number of carbonyl (C=O) groups is 1. The molecule has 0 atom stereocenters. The highest BCUT2D eigenvalue weighted by atomic mass is 32.1. The second-order valence-corrected chi connectivity index (χ2v) is 5.28. The number of hydrogen-bond donors (Lipinski definition) is 2. The molecule has 0 spiro atoms. The second-order valence-electron chi connectivity index (χ2n) is 4.19. The lowest BCUT2D eigenvalue weighted by atomic mass is 10.1. The Morgan fingerprint density at radius 3 is 2.95 bits per heavy atom. The van der Waals surface area contributed by atoms with Crippen molar-refractivity contribution in [1.29, 1.82) is 0 Å². The van der Waals surface area contributed by atoms with Gasteiger partial charge in [0.15, 0.2) is 0 Å². The van der Waals surface area contributed by atoms with E-state index in [2.05, 4.69) is 9.97 Å². The lowest BCUT2D eigenvalue weighted by Gasteiger charge is -1.96. The third-order valence-corrected chi connectivity index (χ3v) is 4.20. The molecule has 0 bridgehead atoms. The number of fused-ring (bicyclic) bond motifs is 1. The molecule has 0 fully saturated rings. The van der Waals surface area contributed by atoms with Crippen LogP contribution in [0.25, 0.3) is 22.2 Å². The molecule has 3 rings (SSSR count). The van der Waals surface area contributed by atoms with Gasteiger partial charge in [-0.15, -0.1) is 11.3 Å². The van der Waals surface area contributed by atoms with Crippen LogP contribution in [0.2, 0.25) is 0 Å². The number of carboxylic acids is 1. The van der Waals surface area contributed by atoms with E-state index in [0.29, 0.717) is 10.6 Å². The summed E-state index contributed by atoms with van der Waals surface area (Å²) in [6.07, 6.45) is 2.57. The van der Waals surface area contributed by atoms with Crippen LogP contribution in [0.4, 0.5) is 0 Å². The molecule has 19 heavy (non-hydrogen) atoms. The monoisotopic (exact) mass is 272 g/mol. The summed E-state index contributed by atoms with van der Waals surface area (Å²) in [5, 5.41) is 11.1. The fourth-order valence-corrected chi connectivity index (χ4v) is 2.97. The van der Waals surface area contributed by atoms with Gasteiger partial charge in [-0.2, -0.15) is 0 Å². The van der Waals surface area contributed by atoms with Gasteiger partial charge in [-0.05, 0) is 12.5 Å². The number of aromatic carboxylic acids is 1. The minimum Gasteiger partial charge on any atom is -0.477 e. The summed E-state index contributed by atoms with van der Waals surface area (Å²) in [5.41, 5.74) is 2.40. The zero-order chi connectivity index (χ0) is 13.4. The van der Waals surface area contributed by atoms with Crippen molar-refractivity contribution in [3.8, 4) is 11.3 Å². The maximum atomic E-state index is 11.3. The molecule has 3 aromatic rings. The second kappa shape index (κ2) is 4.51. The Morgan fingerprint density at radius 1 is 1.42 bits per heavy atom. The van der Waals surface area contributed by atoms with Gasteiger partial charge in [0.05, 0.1) is 10.7 Å². The first-order chi connectivity index (χ1) is 9.20. The Labute approximate surface area is 113 Å². The lowest BCUT2D eigenvalue weighted by molar-refractivity contribution is 0.0702. The van der Waals surface area contributed by atoms with Crippen LogP contribution in [0.15, 0.2) is 30.5 Å². The smallest absolute Gasteiger partial charge is 0.348 e. The highest BCUT2D eigenvalue weighted by Crippen LogP contribution is 2.33. The largest absolute Gasteiger partial charge is 0.477 e. The van der Waals surface area contributed by atoms with Gasteiger partial charge in [0.25, 0.3) is 0 Å². The van der Waals surface area contributed by atoms with Gasteiger partial charge >= 0.3 is 5.97 Å². The maximum absolute atomic E-state index is 11.3. The van der Waals surface area contributed by atoms with Gasteiger partial charge in [-0.1, -0.05) is 25.1 Å². The SMILES string of the molecule is CCc1nc(-c2c[nH]c3ccccc23)c(C(=O)O)s1. The van der Waals surface area contributed by atoms with E-state index in [9.17, 15) is 9.90 Å². The molecule has 4 nitrogen and oxygen atoms in total. The number of benzene rings is 1. The average Bonchev–Trinajstić information content (AvgIpc) is 3.02. The molecule has 0 amide bonds. The highest BCUT2D eigenvalue weighted by molar-refractivity contribution is 7.14. The first kappa shape index (κ1) is 11.9. The molecule has 0 saturated heterocycles. The van der Waals surface area contributed by atoms with Crippen LogP contribution in [0, 0.1) is 0 Å². The maximum Gasteiger partial charge on any atom is 0.348 e. The third kappa shape index (κ3) is 1.92. The van der Waals surface area contributed by atoms with Gasteiger partial charge in [-0.3, -0.25) is 0 Å². The van der Waals surface area contributed by atoms with E-state index in [1.54, 1.807) is 0 Å². The first-order valence-corrected chi connectivity index (χ1v) is 6.82. The molecule has 96 valence electrons. The van der Waals surface area contributed by atoms with Gasteiger partial charge in [-0.25, -0.2) is 9.78 Å². The topological polar surface area (TPSA) is 66.0 Å². The van der Waals surface area contributed by atoms with Gasteiger partial charge in [0.2, 0.25) is 0 Å². The molecular weight excluding hydrogens is 260 g/mol. The fourth-order valence-electron chi connectivity index (χ4n) is 2.11. The van der Waals surface area contributed by atoms with Crippen LogP contribution in [0.5, 0.6) is 0 Å². The van der Waals surface area contributed by atoms with Crippen molar-refractivity contribution in [3.05, 3.63) is 40.3 Å². The predicted octanol–water partition coefficient (Wildman–Crippen LogP) is 3.55. The van der Waals surface area contributed by atoms with Gasteiger partial charge < -0.3 is 10.1 Å². The Balaban J connectivity index is 2.26. The minimum atomic E-state index is -0.919. The lowest BCUT2D eigenvalue weighted by Crippen LogP contribution is -1.94. The van der Waals surface area contributed by atoms with Crippen LogP contribution in [-0.2, 0) is 6.42 Å². The standard InChI is InChI=1S/C14H12N2O2S/c1-2-11-16-12(13(19-11)14(17)18)9-7-15-10-6-4-3-5-8(9)10/h3-7,15H,2H2,1H3,(H,17,18). The van der Waals surface area contributed by atoms with Crippen molar-refractivity contribution in [3.63, 3.8) is 0 Å². The van der Waals surface area contributed by atoms with Crippen LogP contribution < -0.4 is 0 Å². The summed E-state index contributed by atoms with van der Waals surface area (Å²) in [4.78, 5) is 19.3. The summed E-state index contributed by atoms with van der Waals surface area (Å²) in [6, 6.07) is 7.82. The minimum absolute atomic E-state index is 0.307. The van der Waals surface area contributed by atoms with Crippen molar-refractivity contribution in [1.82, 2.24) is 9.97 Å². The van der Waals surface area contributed by atoms with Crippen molar-refractivity contribution in [2.45, 2.75) is 13.3 Å². The average molecular weight is 272 g/mol. The number of carboxylic acid groups (broad SMARTS) is 1. The van der Waals surface area contributed by atoms with Crippen LogP contribution in [0.3, 0.4) is 0 Å². The van der Waals surface area contributed by atoms with Crippen molar-refractivity contribution in [2.75, 3.05) is 0 Å². The summed E-state index contributed by atoms with van der Waals surface area (Å²) in [5.74, 6) is -0.919. The van der Waals surface area contributed by atoms with Crippen LogP contribution in [-0.4, -0.2) is 21.0 Å². The van der Waals surface area contributed by atoms with E-state index >= 15 is 0 Å². The number of rotatable bonds is 3. The Hall–Kier alpha value is -2.14. The third-order valence-electron chi connectivity index (χ3n) is 3.01. The normalized spacial score (nSPS) is 11.0. The molecule has 0 saturated carbocycles. The predicted molar refractivity (Wildman–Crippen MR) is 75.7 cm³/mol. The summed E-state index contributed by atoms with van der Waals surface area (Å²) < 4.78 is 0. The molecule has 2 aromatic heterocycles. The van der Waals surface area contributed by atoms with Crippen molar-refractivity contribution in [2.24, 2.45) is 0 Å². The number of aromatic nitrogens is 2. The number of aromatic amines is 1. The molecule has 0 unspecified atom stereocenters. The quantitative estimate of drug-likeness (QED) is 0.766. The van der Waals surface area contributed by atoms with Crippen LogP contribution in [0.1, 0.15) is 21.6 Å². The highest BCUT2D eigenvalue weighted by Gasteiger charge is 2.20. The van der Waals surface area contributed by atoms with Crippen LogP contribution >= 0.6 is 11.3 Å².